The Morgan fingerprint density at radius 1 is 1.10 bits per heavy atom. The van der Waals surface area contributed by atoms with E-state index in [-0.39, 0.29) is 19.4 Å². The topological polar surface area (TPSA) is 162 Å². The van der Waals surface area contributed by atoms with Gasteiger partial charge in [0.05, 0.1) is 24.4 Å². The highest BCUT2D eigenvalue weighted by atomic mass is 16.7. The molecule has 2 aliphatic carbocycles. The zero-order valence-corrected chi connectivity index (χ0v) is 22.4. The molecule has 6 aliphatic rings. The summed E-state index contributed by atoms with van der Waals surface area (Å²) in [6, 6.07) is 1.68. The largest absolute Gasteiger partial charge is 0.472 e. The summed E-state index contributed by atoms with van der Waals surface area (Å²) in [5.74, 6) is -5.33. The van der Waals surface area contributed by atoms with Crippen molar-refractivity contribution in [3.8, 4) is 0 Å². The van der Waals surface area contributed by atoms with Crippen molar-refractivity contribution in [2.24, 2.45) is 28.1 Å². The van der Waals surface area contributed by atoms with Gasteiger partial charge in [-0.05, 0) is 24.8 Å². The van der Waals surface area contributed by atoms with Crippen LogP contribution in [-0.4, -0.2) is 68.5 Å². The number of ether oxygens (including phenoxy) is 4. The van der Waals surface area contributed by atoms with Crippen molar-refractivity contribution in [2.75, 3.05) is 6.61 Å². The fourth-order valence-electron chi connectivity index (χ4n) is 10.3. The van der Waals surface area contributed by atoms with Crippen LogP contribution in [0.4, 0.5) is 0 Å². The maximum absolute atomic E-state index is 13.1. The maximum Gasteiger partial charge on any atom is 0.309 e. The lowest BCUT2D eigenvalue weighted by atomic mass is 9.34. The monoisotopic (exact) mass is 546 g/mol. The van der Waals surface area contributed by atoms with Crippen LogP contribution in [0.1, 0.15) is 71.5 Å². The van der Waals surface area contributed by atoms with Crippen LogP contribution >= 0.6 is 0 Å². The Kier molecular flexibility index (Phi) is 4.61. The summed E-state index contributed by atoms with van der Waals surface area (Å²) in [5.41, 5.74) is -8.52. The van der Waals surface area contributed by atoms with Gasteiger partial charge in [-0.25, -0.2) is 0 Å². The molecule has 2 bridgehead atoms. The third-order valence-electron chi connectivity index (χ3n) is 11.7. The molecular formula is C28H34O11. The molecular weight excluding hydrogens is 512 g/mol. The molecule has 3 N–H and O–H groups in total. The molecule has 0 aromatic carbocycles. The van der Waals surface area contributed by atoms with Crippen LogP contribution in [-0.2, 0) is 33.3 Å². The number of aliphatic hydroxyl groups is 3. The minimum Gasteiger partial charge on any atom is -0.472 e. The van der Waals surface area contributed by atoms with Crippen molar-refractivity contribution in [3.63, 3.8) is 0 Å². The molecule has 2 saturated carbocycles. The van der Waals surface area contributed by atoms with Crippen molar-refractivity contribution >= 4 is 17.9 Å². The first-order valence-corrected chi connectivity index (χ1v) is 13.5. The summed E-state index contributed by atoms with van der Waals surface area (Å²) in [4.78, 5) is 38.1. The van der Waals surface area contributed by atoms with E-state index in [1.165, 1.54) is 19.5 Å². The number of hydrogen-bond donors (Lipinski definition) is 3. The molecule has 1 aromatic rings. The maximum atomic E-state index is 13.1. The smallest absolute Gasteiger partial charge is 0.309 e. The first-order chi connectivity index (χ1) is 18.1. The molecule has 0 amide bonds. The molecule has 2 spiro atoms. The second kappa shape index (κ2) is 7.05. The van der Waals surface area contributed by atoms with Crippen LogP contribution < -0.4 is 0 Å². The van der Waals surface area contributed by atoms with Crippen LogP contribution in [0.25, 0.3) is 0 Å². The Balaban J connectivity index is 1.47. The molecule has 4 saturated heterocycles. The van der Waals surface area contributed by atoms with Crippen LogP contribution in [0.15, 0.2) is 23.0 Å². The van der Waals surface area contributed by atoms with Gasteiger partial charge in [0, 0.05) is 42.1 Å². The Labute approximate surface area is 224 Å². The summed E-state index contributed by atoms with van der Waals surface area (Å²) in [6.07, 6.45) is 0.814. The van der Waals surface area contributed by atoms with Gasteiger partial charge in [0.1, 0.15) is 30.0 Å². The standard InChI is InChI=1S/C28H34O11/c1-14(29)37-21-22(2,3)17-9-18(30)36-13-24(17)16-5-7-23(4)20(15-6-8-35-11-15)38-19(31)10-27(23,33)26(16)12-25(21,32)28(24,34)39-26/h6,8,11,16-17,20-21,32-34H,5,7,9-10,12-13H2,1-4H3/t16-,17+,20+,21+,23+,24-,25-,26-,27+,28-/m0/s1. The molecule has 6 fully saturated rings. The number of fused-ring (bicyclic) bond motifs is 1. The lowest BCUT2D eigenvalue weighted by Gasteiger charge is -2.71. The highest BCUT2D eigenvalue weighted by Crippen LogP contribution is 2.83. The Bertz CT molecular complexity index is 1290. The predicted octanol–water partition coefficient (Wildman–Crippen LogP) is 1.53. The molecule has 212 valence electrons. The minimum absolute atomic E-state index is 0.0888. The summed E-state index contributed by atoms with van der Waals surface area (Å²) in [5, 5.41) is 38.0. The van der Waals surface area contributed by atoms with Crippen LogP contribution in [0.2, 0.25) is 0 Å². The number of rotatable bonds is 2. The van der Waals surface area contributed by atoms with Gasteiger partial charge in [-0.2, -0.15) is 0 Å². The molecule has 11 heteroatoms. The average molecular weight is 547 g/mol. The summed E-state index contributed by atoms with van der Waals surface area (Å²) < 4.78 is 29.0. The van der Waals surface area contributed by atoms with E-state index in [0.717, 1.165) is 0 Å². The normalized spacial score (nSPS) is 52.7. The SMILES string of the molecule is CC(=O)O[C@@H]1C(C)(C)[C@H]2CC(=O)OC[C@]23[C@@H]2CC[C@]4(C)[C@@H](c5ccoc5)OC(=O)C[C@]4(O)[C@]24C[C@@]1(O)[C@@]3(O)O4. The number of hydrogen-bond acceptors (Lipinski definition) is 11. The Morgan fingerprint density at radius 2 is 1.85 bits per heavy atom. The van der Waals surface area contributed by atoms with Gasteiger partial charge in [0.2, 0.25) is 5.79 Å². The van der Waals surface area contributed by atoms with Gasteiger partial charge in [-0.3, -0.25) is 14.4 Å². The predicted molar refractivity (Wildman–Crippen MR) is 127 cm³/mol. The number of furan rings is 1. The summed E-state index contributed by atoms with van der Waals surface area (Å²) >= 11 is 0. The van der Waals surface area contributed by atoms with Crippen molar-refractivity contribution in [1.29, 1.82) is 0 Å². The van der Waals surface area contributed by atoms with Crippen LogP contribution in [0, 0.1) is 28.1 Å². The zero-order valence-electron chi connectivity index (χ0n) is 22.4. The van der Waals surface area contributed by atoms with Gasteiger partial charge in [0.25, 0.3) is 0 Å². The lowest BCUT2D eigenvalue weighted by molar-refractivity contribution is -0.388. The highest BCUT2D eigenvalue weighted by Gasteiger charge is 2.96. The Morgan fingerprint density at radius 3 is 2.51 bits per heavy atom. The molecule has 10 atom stereocenters. The second-order valence-electron chi connectivity index (χ2n) is 13.5. The lowest BCUT2D eigenvalue weighted by Crippen LogP contribution is -2.84. The Hall–Kier alpha value is -2.47. The molecule has 7 rings (SSSR count). The molecule has 0 unspecified atom stereocenters. The van der Waals surface area contributed by atoms with E-state index in [2.05, 4.69) is 0 Å². The number of cyclic esters (lactones) is 2. The van der Waals surface area contributed by atoms with Gasteiger partial charge in [-0.1, -0.05) is 20.8 Å². The molecule has 1 aromatic heterocycles. The molecule has 5 heterocycles. The van der Waals surface area contributed by atoms with Crippen molar-refractivity contribution in [1.82, 2.24) is 0 Å². The summed E-state index contributed by atoms with van der Waals surface area (Å²) in [7, 11) is 0. The molecule has 4 aliphatic heterocycles. The van der Waals surface area contributed by atoms with Gasteiger partial charge >= 0.3 is 17.9 Å². The van der Waals surface area contributed by atoms with Crippen molar-refractivity contribution in [2.45, 2.75) is 94.6 Å². The van der Waals surface area contributed by atoms with E-state index in [1.54, 1.807) is 6.07 Å². The van der Waals surface area contributed by atoms with E-state index >= 15 is 0 Å². The van der Waals surface area contributed by atoms with Gasteiger partial charge in [-0.15, -0.1) is 0 Å². The molecule has 0 radical (unpaired) electrons. The summed E-state index contributed by atoms with van der Waals surface area (Å²) in [6.45, 7) is 6.43. The first-order valence-electron chi connectivity index (χ1n) is 13.5. The third-order valence-corrected chi connectivity index (χ3v) is 11.7. The first kappa shape index (κ1) is 25.5. The van der Waals surface area contributed by atoms with Gasteiger partial charge in [0.15, 0.2) is 5.60 Å². The third kappa shape index (κ3) is 2.46. The average Bonchev–Trinajstić information content (AvgIpc) is 3.51. The van der Waals surface area contributed by atoms with Crippen molar-refractivity contribution < 1.29 is 53.1 Å². The number of carbonyl (C=O) groups excluding carboxylic acids is 3. The number of carbonyl (C=O) groups is 3. The molecule has 11 nitrogen and oxygen atoms in total. The van der Waals surface area contributed by atoms with E-state index < -0.39 is 87.2 Å². The zero-order chi connectivity index (χ0) is 28.0. The van der Waals surface area contributed by atoms with E-state index in [9.17, 15) is 29.7 Å². The number of esters is 3. The van der Waals surface area contributed by atoms with Crippen molar-refractivity contribution in [3.05, 3.63) is 24.2 Å². The van der Waals surface area contributed by atoms with E-state index in [4.69, 9.17) is 23.4 Å². The minimum atomic E-state index is -2.33. The van der Waals surface area contributed by atoms with E-state index in [0.29, 0.717) is 18.4 Å². The molecule has 39 heavy (non-hydrogen) atoms. The fourth-order valence-corrected chi connectivity index (χ4v) is 10.3. The quantitative estimate of drug-likeness (QED) is 0.364. The highest BCUT2D eigenvalue weighted by molar-refractivity contribution is 5.74. The van der Waals surface area contributed by atoms with E-state index in [1.807, 2.05) is 20.8 Å². The van der Waals surface area contributed by atoms with Crippen LogP contribution in [0.5, 0.6) is 0 Å². The fraction of sp³-hybridized carbons (Fsp3) is 0.750. The van der Waals surface area contributed by atoms with Crippen LogP contribution in [0.3, 0.4) is 0 Å². The second-order valence-corrected chi connectivity index (χ2v) is 13.5. The van der Waals surface area contributed by atoms with Gasteiger partial charge < -0.3 is 38.7 Å².